The second kappa shape index (κ2) is 7.85. The first-order chi connectivity index (χ1) is 9.35. The molecule has 0 aliphatic carbocycles. The molecule has 1 aliphatic heterocycles. The Balaban J connectivity index is 2.01. The minimum absolute atomic E-state index is 0.157. The molecule has 1 heterocycles. The lowest BCUT2D eigenvalue weighted by atomic mass is 9.97. The Morgan fingerprint density at radius 2 is 2.21 bits per heavy atom. The summed E-state index contributed by atoms with van der Waals surface area (Å²) in [6.45, 7) is 4.18. The summed E-state index contributed by atoms with van der Waals surface area (Å²) in [4.78, 5) is 2.31. The number of ether oxygens (including phenoxy) is 2. The smallest absolute Gasteiger partial charge is 0.0954 e. The Labute approximate surface area is 120 Å². The number of halogens is 1. The van der Waals surface area contributed by atoms with Gasteiger partial charge in [0.05, 0.1) is 19.3 Å². The predicted molar refractivity (Wildman–Crippen MR) is 77.9 cm³/mol. The third-order valence-corrected chi connectivity index (χ3v) is 3.70. The van der Waals surface area contributed by atoms with Gasteiger partial charge in [-0.25, -0.2) is 0 Å². The molecule has 1 aromatic carbocycles. The van der Waals surface area contributed by atoms with Crippen molar-refractivity contribution in [3.8, 4) is 0 Å². The maximum absolute atomic E-state index is 5.94. The molecule has 0 bridgehead atoms. The van der Waals surface area contributed by atoms with Gasteiger partial charge in [-0.15, -0.1) is 11.6 Å². The minimum atomic E-state index is 0.157. The SMILES string of the molecule is COCCN(CCCl)CC1OCCc2ccccc21. The summed E-state index contributed by atoms with van der Waals surface area (Å²) >= 11 is 5.87. The molecule has 2 rings (SSSR count). The summed E-state index contributed by atoms with van der Waals surface area (Å²) in [6, 6.07) is 8.56. The first kappa shape index (κ1) is 14.8. The highest BCUT2D eigenvalue weighted by Gasteiger charge is 2.22. The van der Waals surface area contributed by atoms with Gasteiger partial charge in [-0.2, -0.15) is 0 Å². The van der Waals surface area contributed by atoms with E-state index in [1.165, 1.54) is 11.1 Å². The Morgan fingerprint density at radius 1 is 1.37 bits per heavy atom. The van der Waals surface area contributed by atoms with Crippen molar-refractivity contribution in [3.63, 3.8) is 0 Å². The predicted octanol–water partition coefficient (Wildman–Crippen LogP) is 2.49. The van der Waals surface area contributed by atoms with Crippen molar-refractivity contribution < 1.29 is 9.47 Å². The van der Waals surface area contributed by atoms with Crippen LogP contribution >= 0.6 is 11.6 Å². The number of benzene rings is 1. The summed E-state index contributed by atoms with van der Waals surface area (Å²) in [5.41, 5.74) is 2.74. The highest BCUT2D eigenvalue weighted by atomic mass is 35.5. The number of alkyl halides is 1. The van der Waals surface area contributed by atoms with Gasteiger partial charge in [0, 0.05) is 32.6 Å². The van der Waals surface area contributed by atoms with Crippen LogP contribution in [0.2, 0.25) is 0 Å². The van der Waals surface area contributed by atoms with Gasteiger partial charge in [0.1, 0.15) is 0 Å². The zero-order valence-electron chi connectivity index (χ0n) is 11.5. The van der Waals surface area contributed by atoms with Crippen molar-refractivity contribution in [1.29, 1.82) is 0 Å². The topological polar surface area (TPSA) is 21.7 Å². The number of rotatable bonds is 7. The molecule has 1 unspecified atom stereocenters. The summed E-state index contributed by atoms with van der Waals surface area (Å²) in [5.74, 6) is 0.637. The molecular formula is C15H22ClNO2. The lowest BCUT2D eigenvalue weighted by Crippen LogP contribution is -2.35. The van der Waals surface area contributed by atoms with Crippen LogP contribution in [-0.2, 0) is 15.9 Å². The second-order valence-electron chi connectivity index (χ2n) is 4.79. The molecule has 4 heteroatoms. The first-order valence-electron chi connectivity index (χ1n) is 6.82. The molecule has 0 fully saturated rings. The van der Waals surface area contributed by atoms with Crippen LogP contribution in [0.3, 0.4) is 0 Å². The number of nitrogens with zero attached hydrogens (tertiary/aromatic N) is 1. The van der Waals surface area contributed by atoms with Gasteiger partial charge in [-0.1, -0.05) is 24.3 Å². The van der Waals surface area contributed by atoms with Crippen LogP contribution in [0.25, 0.3) is 0 Å². The van der Waals surface area contributed by atoms with Crippen LogP contribution < -0.4 is 0 Å². The van der Waals surface area contributed by atoms with Gasteiger partial charge in [0.25, 0.3) is 0 Å². The summed E-state index contributed by atoms with van der Waals surface area (Å²) in [5, 5.41) is 0. The van der Waals surface area contributed by atoms with E-state index < -0.39 is 0 Å². The molecule has 0 saturated carbocycles. The van der Waals surface area contributed by atoms with E-state index in [0.29, 0.717) is 5.88 Å². The van der Waals surface area contributed by atoms with Crippen LogP contribution in [0.5, 0.6) is 0 Å². The molecule has 3 nitrogen and oxygen atoms in total. The van der Waals surface area contributed by atoms with E-state index in [0.717, 1.165) is 39.3 Å². The molecular weight excluding hydrogens is 262 g/mol. The number of methoxy groups -OCH3 is 1. The maximum Gasteiger partial charge on any atom is 0.0954 e. The largest absolute Gasteiger partial charge is 0.383 e. The standard InChI is InChI=1S/C15H22ClNO2/c1-18-11-9-17(8-7-16)12-15-14-5-3-2-4-13(14)6-10-19-15/h2-5,15H,6-12H2,1H3. The van der Waals surface area contributed by atoms with E-state index in [1.807, 2.05) is 0 Å². The zero-order valence-corrected chi connectivity index (χ0v) is 12.2. The van der Waals surface area contributed by atoms with Crippen LogP contribution in [-0.4, -0.2) is 50.7 Å². The first-order valence-corrected chi connectivity index (χ1v) is 7.35. The molecule has 1 atom stereocenters. The van der Waals surface area contributed by atoms with E-state index in [1.54, 1.807) is 7.11 Å². The van der Waals surface area contributed by atoms with E-state index in [2.05, 4.69) is 29.2 Å². The molecule has 0 saturated heterocycles. The van der Waals surface area contributed by atoms with Gasteiger partial charge in [-0.05, 0) is 17.5 Å². The van der Waals surface area contributed by atoms with Crippen molar-refractivity contribution in [1.82, 2.24) is 4.90 Å². The van der Waals surface area contributed by atoms with Gasteiger partial charge >= 0.3 is 0 Å². The quantitative estimate of drug-likeness (QED) is 0.718. The average molecular weight is 284 g/mol. The monoisotopic (exact) mass is 283 g/mol. The summed E-state index contributed by atoms with van der Waals surface area (Å²) in [6.07, 6.45) is 1.17. The third kappa shape index (κ3) is 4.18. The lowest BCUT2D eigenvalue weighted by Gasteiger charge is -2.31. The molecule has 0 radical (unpaired) electrons. The Bertz CT molecular complexity index is 386. The highest BCUT2D eigenvalue weighted by Crippen LogP contribution is 2.27. The van der Waals surface area contributed by atoms with Crippen LogP contribution in [0.15, 0.2) is 24.3 Å². The molecule has 1 aliphatic rings. The molecule has 1 aromatic rings. The Hall–Kier alpha value is -0.610. The fourth-order valence-electron chi connectivity index (χ4n) is 2.50. The molecule has 0 spiro atoms. The van der Waals surface area contributed by atoms with Crippen LogP contribution in [0, 0.1) is 0 Å². The molecule has 0 N–H and O–H groups in total. The van der Waals surface area contributed by atoms with Gasteiger partial charge in [-0.3, -0.25) is 4.90 Å². The van der Waals surface area contributed by atoms with Crippen molar-refractivity contribution in [2.24, 2.45) is 0 Å². The Morgan fingerprint density at radius 3 is 3.00 bits per heavy atom. The van der Waals surface area contributed by atoms with Crippen LogP contribution in [0.1, 0.15) is 17.2 Å². The average Bonchev–Trinajstić information content (AvgIpc) is 2.45. The fourth-order valence-corrected chi connectivity index (χ4v) is 2.74. The third-order valence-electron chi connectivity index (χ3n) is 3.53. The van der Waals surface area contributed by atoms with Gasteiger partial charge in [0.15, 0.2) is 0 Å². The van der Waals surface area contributed by atoms with Crippen molar-refractivity contribution in [2.75, 3.05) is 45.8 Å². The molecule has 106 valence electrons. The molecule has 19 heavy (non-hydrogen) atoms. The van der Waals surface area contributed by atoms with E-state index in [-0.39, 0.29) is 6.10 Å². The van der Waals surface area contributed by atoms with Crippen molar-refractivity contribution in [2.45, 2.75) is 12.5 Å². The van der Waals surface area contributed by atoms with Gasteiger partial charge in [0.2, 0.25) is 0 Å². The number of hydrogen-bond donors (Lipinski definition) is 0. The molecule has 0 amide bonds. The summed E-state index contributed by atoms with van der Waals surface area (Å²) < 4.78 is 11.1. The molecule has 0 aromatic heterocycles. The Kier molecular flexibility index (Phi) is 6.11. The van der Waals surface area contributed by atoms with Gasteiger partial charge < -0.3 is 9.47 Å². The van der Waals surface area contributed by atoms with Crippen molar-refractivity contribution >= 4 is 11.6 Å². The second-order valence-corrected chi connectivity index (χ2v) is 5.17. The minimum Gasteiger partial charge on any atom is -0.383 e. The highest BCUT2D eigenvalue weighted by molar-refractivity contribution is 6.18. The fraction of sp³-hybridized carbons (Fsp3) is 0.600. The maximum atomic E-state index is 5.94. The summed E-state index contributed by atoms with van der Waals surface area (Å²) in [7, 11) is 1.73. The number of fused-ring (bicyclic) bond motifs is 1. The van der Waals surface area contributed by atoms with Crippen molar-refractivity contribution in [3.05, 3.63) is 35.4 Å². The van der Waals surface area contributed by atoms with Crippen LogP contribution in [0.4, 0.5) is 0 Å². The zero-order chi connectivity index (χ0) is 13.5. The van der Waals surface area contributed by atoms with E-state index in [4.69, 9.17) is 21.1 Å². The van der Waals surface area contributed by atoms with E-state index >= 15 is 0 Å². The lowest BCUT2D eigenvalue weighted by molar-refractivity contribution is 0.0124. The number of hydrogen-bond acceptors (Lipinski definition) is 3. The van der Waals surface area contributed by atoms with E-state index in [9.17, 15) is 0 Å². The normalized spacial score (nSPS) is 18.6.